The molecule has 9 nitrogen and oxygen atoms in total. The standard InChI is InChI=1S/C18H29N7O2/c1-3-15-19-17(27-22-15)13-24-6-4-14(5-7-24)18-21-20-16(23(18)2)12-25-8-10-26-11-9-25/h14H,3-13H2,1-2H3. The Labute approximate surface area is 159 Å². The van der Waals surface area contributed by atoms with Gasteiger partial charge in [0.1, 0.15) is 11.6 Å². The highest BCUT2D eigenvalue weighted by atomic mass is 16.5. The van der Waals surface area contributed by atoms with E-state index in [9.17, 15) is 0 Å². The fraction of sp³-hybridized carbons (Fsp3) is 0.778. The first kappa shape index (κ1) is 18.5. The summed E-state index contributed by atoms with van der Waals surface area (Å²) in [6.45, 7) is 9.20. The molecule has 0 aromatic carbocycles. The Morgan fingerprint density at radius 3 is 2.44 bits per heavy atom. The third-order valence-electron chi connectivity index (χ3n) is 5.61. The molecule has 0 spiro atoms. The maximum absolute atomic E-state index is 5.42. The van der Waals surface area contributed by atoms with E-state index in [-0.39, 0.29) is 0 Å². The second kappa shape index (κ2) is 8.45. The molecule has 2 aliphatic rings. The minimum Gasteiger partial charge on any atom is -0.379 e. The molecular formula is C18H29N7O2. The summed E-state index contributed by atoms with van der Waals surface area (Å²) < 4.78 is 12.9. The van der Waals surface area contributed by atoms with E-state index in [1.165, 1.54) is 0 Å². The van der Waals surface area contributed by atoms with Gasteiger partial charge in [-0.05, 0) is 25.9 Å². The highest BCUT2D eigenvalue weighted by molar-refractivity contribution is 5.03. The number of piperidine rings is 1. The van der Waals surface area contributed by atoms with E-state index in [1.807, 2.05) is 6.92 Å². The van der Waals surface area contributed by atoms with E-state index in [1.54, 1.807) is 0 Å². The average molecular weight is 375 g/mol. The van der Waals surface area contributed by atoms with Crippen molar-refractivity contribution in [3.8, 4) is 0 Å². The monoisotopic (exact) mass is 375 g/mol. The molecule has 2 aromatic rings. The SMILES string of the molecule is CCc1noc(CN2CCC(c3nnc(CN4CCOCC4)n3C)CC2)n1. The van der Waals surface area contributed by atoms with Crippen LogP contribution in [0.1, 0.15) is 49.0 Å². The molecule has 2 aliphatic heterocycles. The molecule has 0 aliphatic carbocycles. The Hall–Kier alpha value is -1.84. The van der Waals surface area contributed by atoms with Crippen LogP contribution < -0.4 is 0 Å². The van der Waals surface area contributed by atoms with E-state index in [4.69, 9.17) is 9.26 Å². The fourth-order valence-electron chi connectivity index (χ4n) is 3.87. The van der Waals surface area contributed by atoms with Gasteiger partial charge < -0.3 is 13.8 Å². The number of nitrogens with zero attached hydrogens (tertiary/aromatic N) is 7. The number of hydrogen-bond donors (Lipinski definition) is 0. The summed E-state index contributed by atoms with van der Waals surface area (Å²) in [5.74, 6) is 4.13. The fourth-order valence-corrected chi connectivity index (χ4v) is 3.87. The maximum Gasteiger partial charge on any atom is 0.240 e. The molecule has 4 rings (SSSR count). The number of morpholine rings is 1. The van der Waals surface area contributed by atoms with E-state index >= 15 is 0 Å². The van der Waals surface area contributed by atoms with Crippen molar-refractivity contribution in [3.05, 3.63) is 23.4 Å². The molecule has 0 saturated carbocycles. The molecule has 4 heterocycles. The van der Waals surface area contributed by atoms with Gasteiger partial charge in [0, 0.05) is 32.5 Å². The second-order valence-corrected chi connectivity index (χ2v) is 7.43. The maximum atomic E-state index is 5.42. The van der Waals surface area contributed by atoms with Crippen LogP contribution in [-0.4, -0.2) is 74.1 Å². The zero-order valence-corrected chi connectivity index (χ0v) is 16.3. The Kier molecular flexibility index (Phi) is 5.80. The Morgan fingerprint density at radius 1 is 1.00 bits per heavy atom. The van der Waals surface area contributed by atoms with Gasteiger partial charge in [-0.3, -0.25) is 9.80 Å². The van der Waals surface area contributed by atoms with Gasteiger partial charge in [0.25, 0.3) is 0 Å². The minimum absolute atomic E-state index is 0.464. The highest BCUT2D eigenvalue weighted by Gasteiger charge is 2.26. The van der Waals surface area contributed by atoms with Crippen LogP contribution >= 0.6 is 0 Å². The molecule has 2 aromatic heterocycles. The van der Waals surface area contributed by atoms with Gasteiger partial charge in [0.2, 0.25) is 5.89 Å². The largest absolute Gasteiger partial charge is 0.379 e. The summed E-state index contributed by atoms with van der Waals surface area (Å²) in [5.41, 5.74) is 0. The normalized spacial score (nSPS) is 20.4. The molecule has 0 radical (unpaired) electrons. The van der Waals surface area contributed by atoms with Crippen LogP contribution in [0.15, 0.2) is 4.52 Å². The summed E-state index contributed by atoms with van der Waals surface area (Å²) >= 11 is 0. The van der Waals surface area contributed by atoms with Crippen molar-refractivity contribution >= 4 is 0 Å². The number of ether oxygens (including phenoxy) is 1. The predicted molar refractivity (Wildman–Crippen MR) is 98.0 cm³/mol. The van der Waals surface area contributed by atoms with Gasteiger partial charge in [0.05, 0.1) is 26.3 Å². The quantitative estimate of drug-likeness (QED) is 0.738. The molecule has 148 valence electrons. The molecule has 0 N–H and O–H groups in total. The lowest BCUT2D eigenvalue weighted by molar-refractivity contribution is 0.0326. The molecule has 0 bridgehead atoms. The molecule has 9 heteroatoms. The van der Waals surface area contributed by atoms with E-state index in [0.717, 1.165) is 95.1 Å². The van der Waals surface area contributed by atoms with Crippen molar-refractivity contribution in [1.29, 1.82) is 0 Å². The first-order valence-corrected chi connectivity index (χ1v) is 9.95. The summed E-state index contributed by atoms with van der Waals surface area (Å²) in [6, 6.07) is 0. The van der Waals surface area contributed by atoms with E-state index in [0.29, 0.717) is 5.92 Å². The number of hydrogen-bond acceptors (Lipinski definition) is 8. The topological polar surface area (TPSA) is 85.3 Å². The van der Waals surface area contributed by atoms with E-state index < -0.39 is 0 Å². The van der Waals surface area contributed by atoms with Gasteiger partial charge in [-0.1, -0.05) is 12.1 Å². The van der Waals surface area contributed by atoms with Gasteiger partial charge >= 0.3 is 0 Å². The second-order valence-electron chi connectivity index (χ2n) is 7.43. The van der Waals surface area contributed by atoms with Crippen molar-refractivity contribution in [2.45, 2.75) is 45.2 Å². The van der Waals surface area contributed by atoms with Crippen molar-refractivity contribution in [1.82, 2.24) is 34.7 Å². The summed E-state index contributed by atoms with van der Waals surface area (Å²) in [7, 11) is 2.10. The van der Waals surface area contributed by atoms with Gasteiger partial charge in [-0.15, -0.1) is 10.2 Å². The van der Waals surface area contributed by atoms with Crippen LogP contribution in [-0.2, 0) is 31.3 Å². The van der Waals surface area contributed by atoms with Crippen molar-refractivity contribution in [3.63, 3.8) is 0 Å². The Bertz CT molecular complexity index is 730. The van der Waals surface area contributed by atoms with Crippen LogP contribution in [0.2, 0.25) is 0 Å². The molecule has 27 heavy (non-hydrogen) atoms. The number of likely N-dealkylation sites (tertiary alicyclic amines) is 1. The minimum atomic E-state index is 0.464. The smallest absolute Gasteiger partial charge is 0.240 e. The molecule has 2 fully saturated rings. The Morgan fingerprint density at radius 2 is 1.74 bits per heavy atom. The lowest BCUT2D eigenvalue weighted by Gasteiger charge is -2.30. The molecule has 0 unspecified atom stereocenters. The van der Waals surface area contributed by atoms with Crippen molar-refractivity contribution in [2.75, 3.05) is 39.4 Å². The Balaban J connectivity index is 1.31. The van der Waals surface area contributed by atoms with Crippen molar-refractivity contribution < 1.29 is 9.26 Å². The molecule has 0 amide bonds. The van der Waals surface area contributed by atoms with Crippen LogP contribution in [0.5, 0.6) is 0 Å². The summed E-state index contributed by atoms with van der Waals surface area (Å²) in [4.78, 5) is 9.18. The van der Waals surface area contributed by atoms with Crippen LogP contribution in [0, 0.1) is 0 Å². The first-order chi connectivity index (χ1) is 13.2. The molecule has 2 saturated heterocycles. The van der Waals surface area contributed by atoms with Gasteiger partial charge in [-0.2, -0.15) is 4.98 Å². The van der Waals surface area contributed by atoms with E-state index in [2.05, 4.69) is 41.8 Å². The predicted octanol–water partition coefficient (Wildman–Crippen LogP) is 0.972. The van der Waals surface area contributed by atoms with Crippen LogP contribution in [0.3, 0.4) is 0 Å². The number of aromatic nitrogens is 5. The lowest BCUT2D eigenvalue weighted by Crippen LogP contribution is -2.36. The summed E-state index contributed by atoms with van der Waals surface area (Å²) in [5, 5.41) is 13.0. The number of aryl methyl sites for hydroxylation is 1. The first-order valence-electron chi connectivity index (χ1n) is 9.95. The molecule has 0 atom stereocenters. The van der Waals surface area contributed by atoms with Crippen LogP contribution in [0.4, 0.5) is 0 Å². The third kappa shape index (κ3) is 4.36. The highest BCUT2D eigenvalue weighted by Crippen LogP contribution is 2.27. The zero-order valence-electron chi connectivity index (χ0n) is 16.3. The zero-order chi connectivity index (χ0) is 18.6. The summed E-state index contributed by atoms with van der Waals surface area (Å²) in [6.07, 6.45) is 2.97. The average Bonchev–Trinajstić information content (AvgIpc) is 3.30. The van der Waals surface area contributed by atoms with Crippen molar-refractivity contribution in [2.24, 2.45) is 7.05 Å². The number of rotatable bonds is 6. The van der Waals surface area contributed by atoms with Gasteiger partial charge in [0.15, 0.2) is 5.82 Å². The molecular weight excluding hydrogens is 346 g/mol. The third-order valence-corrected chi connectivity index (χ3v) is 5.61. The van der Waals surface area contributed by atoms with Crippen LogP contribution in [0.25, 0.3) is 0 Å². The lowest BCUT2D eigenvalue weighted by atomic mass is 9.96. The van der Waals surface area contributed by atoms with Gasteiger partial charge in [-0.25, -0.2) is 0 Å².